The summed E-state index contributed by atoms with van der Waals surface area (Å²) in [4.78, 5) is 0. The van der Waals surface area contributed by atoms with E-state index in [4.69, 9.17) is 23.7 Å². The lowest BCUT2D eigenvalue weighted by molar-refractivity contribution is -0.270. The number of rotatable bonds is 0. The summed E-state index contributed by atoms with van der Waals surface area (Å²) >= 11 is 0. The summed E-state index contributed by atoms with van der Waals surface area (Å²) < 4.78 is 31.8. The average molecular weight is 392 g/mol. The van der Waals surface area contributed by atoms with Crippen molar-refractivity contribution < 1.29 is 28.8 Å². The molecule has 4 aliphatic heterocycles. The molecular weight excluding hydrogens is 360 g/mol. The molecule has 6 nitrogen and oxygen atoms in total. The first-order chi connectivity index (χ1) is 13.5. The van der Waals surface area contributed by atoms with Crippen molar-refractivity contribution in [1.29, 1.82) is 0 Å². The van der Waals surface area contributed by atoms with Crippen LogP contribution in [0.15, 0.2) is 0 Å². The molecule has 2 bridgehead atoms. The van der Waals surface area contributed by atoms with Gasteiger partial charge in [-0.1, -0.05) is 6.92 Å². The van der Waals surface area contributed by atoms with E-state index in [-0.39, 0.29) is 28.6 Å². The molecule has 1 N–H and O–H groups in total. The normalized spacial score (nSPS) is 57.6. The second kappa shape index (κ2) is 5.14. The van der Waals surface area contributed by atoms with Crippen LogP contribution in [0.5, 0.6) is 0 Å². The number of fused-ring (bicyclic) bond motifs is 3. The Morgan fingerprint density at radius 3 is 2.39 bits per heavy atom. The van der Waals surface area contributed by atoms with Crippen LogP contribution in [-0.2, 0) is 23.7 Å². The molecule has 7 aliphatic rings. The van der Waals surface area contributed by atoms with Crippen molar-refractivity contribution in [3.63, 3.8) is 0 Å². The van der Waals surface area contributed by atoms with Crippen molar-refractivity contribution in [2.75, 3.05) is 26.4 Å². The maximum Gasteiger partial charge on any atom is 0.174 e. The minimum Gasteiger partial charge on any atom is -0.393 e. The van der Waals surface area contributed by atoms with Crippen LogP contribution in [-0.4, -0.2) is 60.4 Å². The molecule has 4 unspecified atom stereocenters. The molecule has 3 saturated carbocycles. The van der Waals surface area contributed by atoms with Gasteiger partial charge in [0.05, 0.1) is 43.7 Å². The number of aliphatic hydroxyl groups is 1. The highest BCUT2D eigenvalue weighted by molar-refractivity contribution is 5.27. The largest absolute Gasteiger partial charge is 0.393 e. The number of hydrogen-bond acceptors (Lipinski definition) is 6. The van der Waals surface area contributed by atoms with E-state index < -0.39 is 11.6 Å². The molecule has 4 saturated heterocycles. The maximum atomic E-state index is 11.5. The molecule has 0 aromatic carbocycles. The van der Waals surface area contributed by atoms with Crippen LogP contribution in [0, 0.1) is 23.2 Å². The Kier molecular flexibility index (Phi) is 3.20. The molecule has 4 spiro atoms. The molecule has 0 radical (unpaired) electrons. The molecule has 0 amide bonds. The van der Waals surface area contributed by atoms with E-state index in [1.54, 1.807) is 0 Å². The summed E-state index contributed by atoms with van der Waals surface area (Å²) in [7, 11) is 0. The Labute approximate surface area is 166 Å². The van der Waals surface area contributed by atoms with E-state index >= 15 is 0 Å². The fraction of sp³-hybridized carbons (Fsp3) is 1.00. The topological polar surface area (TPSA) is 66.4 Å². The molecule has 7 atom stereocenters. The summed E-state index contributed by atoms with van der Waals surface area (Å²) in [5.74, 6) is 0.0660. The lowest BCUT2D eigenvalue weighted by Gasteiger charge is -2.57. The zero-order valence-electron chi connectivity index (χ0n) is 16.8. The Bertz CT molecular complexity index is 699. The van der Waals surface area contributed by atoms with Crippen molar-refractivity contribution >= 4 is 0 Å². The van der Waals surface area contributed by atoms with E-state index in [0.717, 1.165) is 51.4 Å². The molecule has 28 heavy (non-hydrogen) atoms. The second-order valence-corrected chi connectivity index (χ2v) is 10.8. The maximum absolute atomic E-state index is 11.5. The van der Waals surface area contributed by atoms with E-state index in [0.29, 0.717) is 38.3 Å². The second-order valence-electron chi connectivity index (χ2n) is 10.8. The number of ether oxygens (including phenoxy) is 5. The predicted octanol–water partition coefficient (Wildman–Crippen LogP) is 2.37. The molecule has 0 aromatic rings. The van der Waals surface area contributed by atoms with Gasteiger partial charge in [0.15, 0.2) is 11.6 Å². The van der Waals surface area contributed by atoms with E-state index in [2.05, 4.69) is 6.92 Å². The Morgan fingerprint density at radius 1 is 0.857 bits per heavy atom. The smallest absolute Gasteiger partial charge is 0.174 e. The van der Waals surface area contributed by atoms with E-state index in [1.165, 1.54) is 0 Å². The zero-order chi connectivity index (χ0) is 18.8. The fourth-order valence-corrected chi connectivity index (χ4v) is 9.26. The first-order valence-corrected chi connectivity index (χ1v) is 11.4. The minimum atomic E-state index is -0.524. The third-order valence-corrected chi connectivity index (χ3v) is 10.0. The zero-order valence-corrected chi connectivity index (χ0v) is 16.8. The SMILES string of the molecule is C[C@@]12CC(O)C3C4CCC5(CC46CC[C@]3(O6)[C@@H]1CCC21OCCO1)OCCO5. The molecule has 0 aromatic heterocycles. The van der Waals surface area contributed by atoms with Gasteiger partial charge in [-0.3, -0.25) is 0 Å². The Hall–Kier alpha value is -0.240. The highest BCUT2D eigenvalue weighted by Gasteiger charge is 2.80. The van der Waals surface area contributed by atoms with Crippen LogP contribution >= 0.6 is 0 Å². The van der Waals surface area contributed by atoms with Crippen LogP contribution < -0.4 is 0 Å². The quantitative estimate of drug-likeness (QED) is 0.683. The van der Waals surface area contributed by atoms with Crippen molar-refractivity contribution in [3.8, 4) is 0 Å². The van der Waals surface area contributed by atoms with Crippen molar-refractivity contribution in [2.24, 2.45) is 23.2 Å². The molecule has 156 valence electrons. The fourth-order valence-electron chi connectivity index (χ4n) is 9.26. The summed E-state index contributed by atoms with van der Waals surface area (Å²) in [6, 6.07) is 0. The minimum absolute atomic E-state index is 0.184. The summed E-state index contributed by atoms with van der Waals surface area (Å²) in [6.07, 6.45) is 7.30. The highest BCUT2D eigenvalue weighted by atomic mass is 16.7. The molecule has 3 aliphatic carbocycles. The van der Waals surface area contributed by atoms with Crippen LogP contribution in [0.2, 0.25) is 0 Å². The lowest BCUT2D eigenvalue weighted by Crippen LogP contribution is -2.63. The summed E-state index contributed by atoms with van der Waals surface area (Å²) in [5.41, 5.74) is -0.608. The highest BCUT2D eigenvalue weighted by Crippen LogP contribution is 2.75. The van der Waals surface area contributed by atoms with Crippen LogP contribution in [0.1, 0.15) is 58.3 Å². The van der Waals surface area contributed by atoms with Gasteiger partial charge in [-0.25, -0.2) is 0 Å². The first-order valence-electron chi connectivity index (χ1n) is 11.4. The Balaban J connectivity index is 1.30. The molecule has 7 fully saturated rings. The Morgan fingerprint density at radius 2 is 1.61 bits per heavy atom. The predicted molar refractivity (Wildman–Crippen MR) is 97.3 cm³/mol. The average Bonchev–Trinajstić information content (AvgIpc) is 3.44. The molecule has 6 heteroatoms. The standard InChI is InChI=1S/C22H32O6/c1-18-12-15(23)17-14-2-4-20(24-8-9-25-20)13-19(14)6-7-21(17,28-19)16(18)3-5-22(18)26-10-11-27-22/h14-17,23H,2-13H2,1H3/t14?,15?,16-,17?,18-,19?,21+/m1/s1. The molecule has 7 rings (SSSR count). The van der Waals surface area contributed by atoms with Crippen LogP contribution in [0.25, 0.3) is 0 Å². The van der Waals surface area contributed by atoms with Crippen LogP contribution in [0.3, 0.4) is 0 Å². The van der Waals surface area contributed by atoms with E-state index in [1.807, 2.05) is 0 Å². The van der Waals surface area contributed by atoms with Gasteiger partial charge in [-0.05, 0) is 43.9 Å². The molecule has 4 heterocycles. The van der Waals surface area contributed by atoms with Crippen molar-refractivity contribution in [1.82, 2.24) is 0 Å². The van der Waals surface area contributed by atoms with Gasteiger partial charge >= 0.3 is 0 Å². The van der Waals surface area contributed by atoms with Gasteiger partial charge in [0.2, 0.25) is 0 Å². The van der Waals surface area contributed by atoms with Crippen LogP contribution in [0.4, 0.5) is 0 Å². The molecular formula is C22H32O6. The van der Waals surface area contributed by atoms with E-state index in [9.17, 15) is 5.11 Å². The summed E-state index contributed by atoms with van der Waals surface area (Å²) in [6.45, 7) is 5.01. The number of aliphatic hydroxyl groups excluding tert-OH is 1. The lowest BCUT2D eigenvalue weighted by atomic mass is 9.48. The third kappa shape index (κ3) is 1.76. The van der Waals surface area contributed by atoms with Gasteiger partial charge in [-0.2, -0.15) is 0 Å². The van der Waals surface area contributed by atoms with Gasteiger partial charge in [0.25, 0.3) is 0 Å². The van der Waals surface area contributed by atoms with Gasteiger partial charge < -0.3 is 28.8 Å². The van der Waals surface area contributed by atoms with Gasteiger partial charge in [0.1, 0.15) is 0 Å². The monoisotopic (exact) mass is 392 g/mol. The van der Waals surface area contributed by atoms with Crippen molar-refractivity contribution in [3.05, 3.63) is 0 Å². The third-order valence-electron chi connectivity index (χ3n) is 10.0. The first kappa shape index (κ1) is 17.4. The number of hydrogen-bond donors (Lipinski definition) is 1. The van der Waals surface area contributed by atoms with Gasteiger partial charge in [-0.15, -0.1) is 0 Å². The summed E-state index contributed by atoms with van der Waals surface area (Å²) in [5, 5.41) is 11.5. The van der Waals surface area contributed by atoms with Gasteiger partial charge in [0, 0.05) is 30.6 Å². The van der Waals surface area contributed by atoms with Crippen molar-refractivity contribution in [2.45, 2.75) is 87.2 Å².